The van der Waals surface area contributed by atoms with E-state index in [-0.39, 0.29) is 24.1 Å². The maximum Gasteiger partial charge on any atom is 0.262 e. The van der Waals surface area contributed by atoms with Gasteiger partial charge in [-0.3, -0.25) is 14.4 Å². The molecule has 0 radical (unpaired) electrons. The van der Waals surface area contributed by atoms with Crippen molar-refractivity contribution in [2.75, 3.05) is 31.5 Å². The fourth-order valence-corrected chi connectivity index (χ4v) is 4.68. The van der Waals surface area contributed by atoms with E-state index >= 15 is 0 Å². The van der Waals surface area contributed by atoms with Gasteiger partial charge < -0.3 is 15.1 Å². The first-order valence-electron chi connectivity index (χ1n) is 10.7. The number of anilines is 1. The molecule has 2 aliphatic rings. The zero-order valence-corrected chi connectivity index (χ0v) is 18.5. The molecule has 0 aliphatic carbocycles. The van der Waals surface area contributed by atoms with Gasteiger partial charge in [0.1, 0.15) is 5.25 Å². The molecule has 1 saturated heterocycles. The van der Waals surface area contributed by atoms with E-state index in [1.165, 1.54) is 11.8 Å². The van der Waals surface area contributed by atoms with Crippen LogP contribution in [-0.4, -0.2) is 64.1 Å². The van der Waals surface area contributed by atoms with E-state index in [1.54, 1.807) is 24.3 Å². The Hall–Kier alpha value is -2.35. The number of thioether (sulfide) groups is 1. The number of amidine groups is 1. The molecule has 3 amide bonds. The van der Waals surface area contributed by atoms with E-state index in [4.69, 9.17) is 0 Å². The van der Waals surface area contributed by atoms with Gasteiger partial charge in [0.2, 0.25) is 5.91 Å². The molecule has 8 heteroatoms. The predicted molar refractivity (Wildman–Crippen MR) is 121 cm³/mol. The van der Waals surface area contributed by atoms with Gasteiger partial charge in [0.25, 0.3) is 11.8 Å². The third-order valence-corrected chi connectivity index (χ3v) is 6.56. The molecule has 0 spiro atoms. The predicted octanol–water partition coefficient (Wildman–Crippen LogP) is 3.37. The van der Waals surface area contributed by atoms with Gasteiger partial charge in [-0.25, -0.2) is 0 Å². The van der Waals surface area contributed by atoms with Crippen molar-refractivity contribution in [3.05, 3.63) is 29.8 Å². The maximum absolute atomic E-state index is 12.6. The molecule has 0 aromatic heterocycles. The molecule has 1 N–H and O–H groups in total. The summed E-state index contributed by atoms with van der Waals surface area (Å²) in [5.74, 6) is -0.455. The monoisotopic (exact) mass is 430 g/mol. The Morgan fingerprint density at radius 1 is 1.20 bits per heavy atom. The van der Waals surface area contributed by atoms with Crippen LogP contribution in [0.4, 0.5) is 5.69 Å². The average Bonchev–Trinajstić information content (AvgIpc) is 3.39. The summed E-state index contributed by atoms with van der Waals surface area (Å²) in [6.07, 6.45) is 4.35. The van der Waals surface area contributed by atoms with Gasteiger partial charge in [-0.1, -0.05) is 25.1 Å². The molecule has 30 heavy (non-hydrogen) atoms. The van der Waals surface area contributed by atoms with Gasteiger partial charge >= 0.3 is 0 Å². The van der Waals surface area contributed by atoms with Crippen LogP contribution in [0, 0.1) is 0 Å². The van der Waals surface area contributed by atoms with Crippen molar-refractivity contribution in [1.82, 2.24) is 9.80 Å². The highest BCUT2D eigenvalue weighted by Crippen LogP contribution is 2.29. The van der Waals surface area contributed by atoms with E-state index in [0.717, 1.165) is 50.5 Å². The summed E-state index contributed by atoms with van der Waals surface area (Å²) in [7, 11) is 0. The highest BCUT2D eigenvalue weighted by molar-refractivity contribution is 8.15. The normalized spacial score (nSPS) is 18.5. The van der Waals surface area contributed by atoms with Crippen molar-refractivity contribution in [2.45, 2.75) is 51.2 Å². The fourth-order valence-electron chi connectivity index (χ4n) is 3.56. The van der Waals surface area contributed by atoms with E-state index in [1.807, 2.05) is 11.8 Å². The molecule has 162 valence electrons. The SMILES string of the molecule is CCCCN(CC)C(=O)c1ccc(NC(=O)CC2SC(N3CCCC3)=NC2=O)cc1. The molecule has 1 unspecified atom stereocenters. The Morgan fingerprint density at radius 3 is 2.53 bits per heavy atom. The van der Waals surface area contributed by atoms with Gasteiger partial charge in [-0.15, -0.1) is 0 Å². The van der Waals surface area contributed by atoms with E-state index in [0.29, 0.717) is 17.8 Å². The molecular formula is C22H30N4O3S. The Balaban J connectivity index is 1.51. The molecule has 1 atom stereocenters. The number of rotatable bonds is 8. The standard InChI is InChI=1S/C22H30N4O3S/c1-3-5-12-25(4-2)21(29)16-8-10-17(11-9-16)23-19(27)15-18-20(28)24-22(30-18)26-13-6-7-14-26/h8-11,18H,3-7,12-15H2,1-2H3,(H,23,27). The minimum Gasteiger partial charge on any atom is -0.351 e. The summed E-state index contributed by atoms with van der Waals surface area (Å²) >= 11 is 1.39. The first-order valence-corrected chi connectivity index (χ1v) is 11.6. The number of hydrogen-bond acceptors (Lipinski definition) is 5. The highest BCUT2D eigenvalue weighted by Gasteiger charge is 2.33. The number of nitrogens with zero attached hydrogens (tertiary/aromatic N) is 3. The van der Waals surface area contributed by atoms with Gasteiger partial charge in [-0.2, -0.15) is 4.99 Å². The van der Waals surface area contributed by atoms with Crippen LogP contribution in [0.15, 0.2) is 29.3 Å². The van der Waals surface area contributed by atoms with Crippen molar-refractivity contribution in [3.8, 4) is 0 Å². The summed E-state index contributed by atoms with van der Waals surface area (Å²) in [6.45, 7) is 7.36. The first kappa shape index (κ1) is 22.3. The van der Waals surface area contributed by atoms with Crippen LogP contribution in [0.2, 0.25) is 0 Å². The van der Waals surface area contributed by atoms with E-state index in [9.17, 15) is 14.4 Å². The summed E-state index contributed by atoms with van der Waals surface area (Å²) in [4.78, 5) is 45.3. The van der Waals surface area contributed by atoms with Crippen LogP contribution >= 0.6 is 11.8 Å². The molecule has 2 heterocycles. The summed E-state index contributed by atoms with van der Waals surface area (Å²) in [6, 6.07) is 6.93. The van der Waals surface area contributed by atoms with Gasteiger partial charge in [-0.05, 0) is 50.5 Å². The van der Waals surface area contributed by atoms with Crippen LogP contribution < -0.4 is 5.32 Å². The number of nitrogens with one attached hydrogen (secondary N) is 1. The Bertz CT molecular complexity index is 803. The Kier molecular flexibility index (Phi) is 7.90. The quantitative estimate of drug-likeness (QED) is 0.684. The van der Waals surface area contributed by atoms with Gasteiger partial charge in [0.05, 0.1) is 0 Å². The first-order chi connectivity index (χ1) is 14.5. The molecule has 1 aromatic rings. The second kappa shape index (κ2) is 10.6. The summed E-state index contributed by atoms with van der Waals surface area (Å²) < 4.78 is 0. The molecular weight excluding hydrogens is 400 g/mol. The lowest BCUT2D eigenvalue weighted by atomic mass is 10.1. The number of benzene rings is 1. The number of carbonyl (C=O) groups excluding carboxylic acids is 3. The second-order valence-corrected chi connectivity index (χ2v) is 8.77. The second-order valence-electron chi connectivity index (χ2n) is 7.60. The number of unbranched alkanes of at least 4 members (excludes halogenated alkanes) is 1. The highest BCUT2D eigenvalue weighted by atomic mass is 32.2. The molecule has 1 aromatic carbocycles. The molecule has 2 aliphatic heterocycles. The minimum absolute atomic E-state index is 0.00312. The zero-order valence-electron chi connectivity index (χ0n) is 17.7. The number of likely N-dealkylation sites (tertiary alicyclic amines) is 1. The zero-order chi connectivity index (χ0) is 21.5. The average molecular weight is 431 g/mol. The smallest absolute Gasteiger partial charge is 0.262 e. The lowest BCUT2D eigenvalue weighted by molar-refractivity contribution is -0.121. The van der Waals surface area contributed by atoms with Crippen molar-refractivity contribution < 1.29 is 14.4 Å². The molecule has 7 nitrogen and oxygen atoms in total. The van der Waals surface area contributed by atoms with Crippen molar-refractivity contribution in [2.24, 2.45) is 4.99 Å². The fraction of sp³-hybridized carbons (Fsp3) is 0.545. The largest absolute Gasteiger partial charge is 0.351 e. The third-order valence-electron chi connectivity index (χ3n) is 5.34. The van der Waals surface area contributed by atoms with Crippen LogP contribution in [0.25, 0.3) is 0 Å². The summed E-state index contributed by atoms with van der Waals surface area (Å²) in [5.41, 5.74) is 1.22. The van der Waals surface area contributed by atoms with Crippen molar-refractivity contribution >= 4 is 40.3 Å². The minimum atomic E-state index is -0.460. The third kappa shape index (κ3) is 5.62. The number of hydrogen-bond donors (Lipinski definition) is 1. The molecule has 1 fully saturated rings. The summed E-state index contributed by atoms with van der Waals surface area (Å²) in [5, 5.41) is 3.11. The van der Waals surface area contributed by atoms with Gasteiger partial charge in [0, 0.05) is 43.9 Å². The Morgan fingerprint density at radius 2 is 1.90 bits per heavy atom. The molecule has 0 saturated carbocycles. The maximum atomic E-state index is 12.6. The van der Waals surface area contributed by atoms with Gasteiger partial charge in [0.15, 0.2) is 5.17 Å². The van der Waals surface area contributed by atoms with Crippen molar-refractivity contribution in [3.63, 3.8) is 0 Å². The van der Waals surface area contributed by atoms with Crippen molar-refractivity contribution in [1.29, 1.82) is 0 Å². The topological polar surface area (TPSA) is 82.1 Å². The van der Waals surface area contributed by atoms with Crippen LogP contribution in [0.1, 0.15) is 56.3 Å². The number of amides is 3. The van der Waals surface area contributed by atoms with Crippen LogP contribution in [0.3, 0.4) is 0 Å². The van der Waals surface area contributed by atoms with Crippen LogP contribution in [-0.2, 0) is 9.59 Å². The molecule has 3 rings (SSSR count). The number of carbonyl (C=O) groups is 3. The van der Waals surface area contributed by atoms with E-state index < -0.39 is 5.25 Å². The van der Waals surface area contributed by atoms with Crippen LogP contribution in [0.5, 0.6) is 0 Å². The number of aliphatic imine (C=N–C) groups is 1. The lowest BCUT2D eigenvalue weighted by Crippen LogP contribution is -2.31. The van der Waals surface area contributed by atoms with E-state index in [2.05, 4.69) is 22.1 Å². The lowest BCUT2D eigenvalue weighted by Gasteiger charge is -2.20. The Labute approximate surface area is 182 Å². The molecule has 0 bridgehead atoms.